The predicted octanol–water partition coefficient (Wildman–Crippen LogP) is 3.21. The van der Waals surface area contributed by atoms with Crippen LogP contribution < -0.4 is 5.43 Å². The molecule has 3 heteroatoms. The Morgan fingerprint density at radius 2 is 1.78 bits per heavy atom. The standard InChI is InChI=1S/C15H22N2O/c1-11(2)10-14(18)16-17-15(12(3)4)13-8-6-5-7-9-13/h5-9,11-12H,10H2,1-4H3,(H,16,18)/b17-15+. The highest BCUT2D eigenvalue weighted by Gasteiger charge is 2.09. The molecule has 18 heavy (non-hydrogen) atoms. The molecule has 0 aliphatic carbocycles. The molecule has 0 atom stereocenters. The quantitative estimate of drug-likeness (QED) is 0.629. The van der Waals surface area contributed by atoms with Gasteiger partial charge >= 0.3 is 0 Å². The maximum Gasteiger partial charge on any atom is 0.240 e. The van der Waals surface area contributed by atoms with Gasteiger partial charge in [-0.2, -0.15) is 5.10 Å². The first-order valence-electron chi connectivity index (χ1n) is 6.42. The summed E-state index contributed by atoms with van der Waals surface area (Å²) in [6.45, 7) is 8.18. The molecular formula is C15H22N2O. The summed E-state index contributed by atoms with van der Waals surface area (Å²) in [6, 6.07) is 9.94. The van der Waals surface area contributed by atoms with Crippen molar-refractivity contribution < 1.29 is 4.79 Å². The molecule has 0 heterocycles. The minimum Gasteiger partial charge on any atom is -0.273 e. The molecule has 0 fully saturated rings. The van der Waals surface area contributed by atoms with Gasteiger partial charge in [-0.1, -0.05) is 58.0 Å². The second-order valence-electron chi connectivity index (χ2n) is 5.15. The molecule has 0 aromatic heterocycles. The summed E-state index contributed by atoms with van der Waals surface area (Å²) in [7, 11) is 0. The normalized spacial score (nSPS) is 12.0. The van der Waals surface area contributed by atoms with Crippen molar-refractivity contribution in [1.82, 2.24) is 5.43 Å². The fraction of sp³-hybridized carbons (Fsp3) is 0.467. The number of carbonyl (C=O) groups excluding carboxylic acids is 1. The summed E-state index contributed by atoms with van der Waals surface area (Å²) in [5.41, 5.74) is 4.61. The lowest BCUT2D eigenvalue weighted by molar-refractivity contribution is -0.121. The van der Waals surface area contributed by atoms with Gasteiger partial charge in [0.2, 0.25) is 5.91 Å². The molecule has 1 aromatic carbocycles. The van der Waals surface area contributed by atoms with E-state index < -0.39 is 0 Å². The van der Waals surface area contributed by atoms with Crippen molar-refractivity contribution in [2.75, 3.05) is 0 Å². The zero-order chi connectivity index (χ0) is 13.5. The van der Waals surface area contributed by atoms with Crippen molar-refractivity contribution in [1.29, 1.82) is 0 Å². The molecule has 3 nitrogen and oxygen atoms in total. The summed E-state index contributed by atoms with van der Waals surface area (Å²) in [5.74, 6) is 0.588. The van der Waals surface area contributed by atoms with Gasteiger partial charge in [0.05, 0.1) is 5.71 Å². The van der Waals surface area contributed by atoms with Gasteiger partial charge in [-0.05, 0) is 17.4 Å². The van der Waals surface area contributed by atoms with Crippen LogP contribution in [-0.4, -0.2) is 11.6 Å². The summed E-state index contributed by atoms with van der Waals surface area (Å²) in [6.07, 6.45) is 0.504. The number of nitrogens with one attached hydrogen (secondary N) is 1. The van der Waals surface area contributed by atoms with Crippen LogP contribution >= 0.6 is 0 Å². The van der Waals surface area contributed by atoms with E-state index in [-0.39, 0.29) is 11.8 Å². The number of benzene rings is 1. The van der Waals surface area contributed by atoms with Crippen LogP contribution in [0.2, 0.25) is 0 Å². The van der Waals surface area contributed by atoms with Gasteiger partial charge in [0.1, 0.15) is 0 Å². The van der Waals surface area contributed by atoms with Crippen LogP contribution in [0.4, 0.5) is 0 Å². The Labute approximate surface area is 109 Å². The third-order valence-electron chi connectivity index (χ3n) is 2.51. The van der Waals surface area contributed by atoms with Gasteiger partial charge < -0.3 is 0 Å². The van der Waals surface area contributed by atoms with Gasteiger partial charge in [0.25, 0.3) is 0 Å². The van der Waals surface area contributed by atoms with E-state index >= 15 is 0 Å². The van der Waals surface area contributed by atoms with Crippen molar-refractivity contribution in [2.24, 2.45) is 16.9 Å². The van der Waals surface area contributed by atoms with E-state index in [9.17, 15) is 4.79 Å². The Morgan fingerprint density at radius 3 is 2.28 bits per heavy atom. The van der Waals surface area contributed by atoms with E-state index in [4.69, 9.17) is 0 Å². The Bertz CT molecular complexity index is 408. The first-order valence-corrected chi connectivity index (χ1v) is 6.42. The Morgan fingerprint density at radius 1 is 1.17 bits per heavy atom. The average molecular weight is 246 g/mol. The van der Waals surface area contributed by atoms with Crippen molar-refractivity contribution in [3.63, 3.8) is 0 Å². The second-order valence-corrected chi connectivity index (χ2v) is 5.15. The lowest BCUT2D eigenvalue weighted by Crippen LogP contribution is -2.23. The molecule has 0 bridgehead atoms. The Balaban J connectivity index is 2.77. The molecule has 98 valence electrons. The van der Waals surface area contributed by atoms with Crippen LogP contribution in [0.1, 0.15) is 39.7 Å². The molecule has 1 amide bonds. The minimum atomic E-state index is -0.0286. The Hall–Kier alpha value is -1.64. The largest absolute Gasteiger partial charge is 0.273 e. The van der Waals surface area contributed by atoms with Crippen molar-refractivity contribution in [2.45, 2.75) is 34.1 Å². The Kier molecular flexibility index (Phi) is 5.56. The molecule has 0 aliphatic heterocycles. The van der Waals surface area contributed by atoms with Crippen molar-refractivity contribution in [3.8, 4) is 0 Å². The first kappa shape index (κ1) is 14.4. The van der Waals surface area contributed by atoms with Gasteiger partial charge in [-0.15, -0.1) is 0 Å². The van der Waals surface area contributed by atoms with E-state index in [2.05, 4.69) is 24.4 Å². The lowest BCUT2D eigenvalue weighted by atomic mass is 10.0. The third kappa shape index (κ3) is 4.70. The molecule has 1 N–H and O–H groups in total. The van der Waals surface area contributed by atoms with Crippen LogP contribution in [0.3, 0.4) is 0 Å². The van der Waals surface area contributed by atoms with E-state index in [1.54, 1.807) is 0 Å². The summed E-state index contributed by atoms with van der Waals surface area (Å²) >= 11 is 0. The van der Waals surface area contributed by atoms with Crippen LogP contribution in [0, 0.1) is 11.8 Å². The van der Waals surface area contributed by atoms with E-state index in [0.29, 0.717) is 12.3 Å². The SMILES string of the molecule is CC(C)CC(=O)N/N=C(/c1ccccc1)C(C)C. The van der Waals surface area contributed by atoms with Gasteiger partial charge in [0.15, 0.2) is 0 Å². The number of hydrazone groups is 1. The van der Waals surface area contributed by atoms with Crippen LogP contribution in [0.15, 0.2) is 35.4 Å². The van der Waals surface area contributed by atoms with E-state index in [1.165, 1.54) is 0 Å². The maximum atomic E-state index is 11.6. The molecule has 0 unspecified atom stereocenters. The maximum absolute atomic E-state index is 11.6. The fourth-order valence-electron chi connectivity index (χ4n) is 1.67. The van der Waals surface area contributed by atoms with Gasteiger partial charge in [-0.25, -0.2) is 5.43 Å². The summed E-state index contributed by atoms with van der Waals surface area (Å²) < 4.78 is 0. The lowest BCUT2D eigenvalue weighted by Gasteiger charge is -2.11. The number of hydrogen-bond donors (Lipinski definition) is 1. The molecule has 0 saturated carbocycles. The third-order valence-corrected chi connectivity index (χ3v) is 2.51. The van der Waals surface area contributed by atoms with Gasteiger partial charge in [0, 0.05) is 6.42 Å². The zero-order valence-electron chi connectivity index (χ0n) is 11.6. The first-order chi connectivity index (χ1) is 8.50. The average Bonchev–Trinajstić information content (AvgIpc) is 2.29. The molecule has 0 spiro atoms. The highest BCUT2D eigenvalue weighted by Crippen LogP contribution is 2.09. The van der Waals surface area contributed by atoms with Crippen LogP contribution in [0.5, 0.6) is 0 Å². The molecule has 0 radical (unpaired) electrons. The topological polar surface area (TPSA) is 41.5 Å². The molecular weight excluding hydrogens is 224 g/mol. The molecule has 0 aliphatic rings. The highest BCUT2D eigenvalue weighted by atomic mass is 16.2. The number of nitrogens with zero attached hydrogens (tertiary/aromatic N) is 1. The highest BCUT2D eigenvalue weighted by molar-refractivity contribution is 6.02. The van der Waals surface area contributed by atoms with Gasteiger partial charge in [-0.3, -0.25) is 4.79 Å². The number of rotatable bonds is 5. The molecule has 0 saturated heterocycles. The van der Waals surface area contributed by atoms with Crippen LogP contribution in [0.25, 0.3) is 0 Å². The van der Waals surface area contributed by atoms with Crippen molar-refractivity contribution >= 4 is 11.6 Å². The summed E-state index contributed by atoms with van der Waals surface area (Å²) in [5, 5.41) is 4.26. The minimum absolute atomic E-state index is 0.0286. The number of carbonyl (C=O) groups is 1. The summed E-state index contributed by atoms with van der Waals surface area (Å²) in [4.78, 5) is 11.6. The smallest absolute Gasteiger partial charge is 0.240 e. The molecule has 1 rings (SSSR count). The number of amides is 1. The van der Waals surface area contributed by atoms with Crippen molar-refractivity contribution in [3.05, 3.63) is 35.9 Å². The fourth-order valence-corrected chi connectivity index (χ4v) is 1.67. The number of hydrogen-bond acceptors (Lipinski definition) is 2. The predicted molar refractivity (Wildman–Crippen MR) is 75.4 cm³/mol. The molecule has 1 aromatic rings. The zero-order valence-corrected chi connectivity index (χ0v) is 11.6. The van der Waals surface area contributed by atoms with E-state index in [1.807, 2.05) is 44.2 Å². The second kappa shape index (κ2) is 6.94. The monoisotopic (exact) mass is 246 g/mol. The van der Waals surface area contributed by atoms with Crippen LogP contribution in [-0.2, 0) is 4.79 Å². The van der Waals surface area contributed by atoms with E-state index in [0.717, 1.165) is 11.3 Å².